The van der Waals surface area contributed by atoms with Crippen LogP contribution in [-0.2, 0) is 17.6 Å². The third-order valence-electron chi connectivity index (χ3n) is 5.07. The zero-order valence-electron chi connectivity index (χ0n) is 18.4. The molecule has 0 aliphatic rings. The van der Waals surface area contributed by atoms with Gasteiger partial charge < -0.3 is 25.4 Å². The number of aliphatic hydroxyl groups is 1. The number of benzene rings is 3. The molecule has 1 atom stereocenters. The number of ether oxygens (including phenoxy) is 1. The normalized spacial score (nSPS) is 13.7. The molecule has 0 fully saturated rings. The van der Waals surface area contributed by atoms with E-state index in [1.807, 2.05) is 72.8 Å². The van der Waals surface area contributed by atoms with Gasteiger partial charge in [0, 0.05) is 20.6 Å². The third-order valence-corrected chi connectivity index (χ3v) is 6.94. The predicted molar refractivity (Wildman–Crippen MR) is 136 cm³/mol. The van der Waals surface area contributed by atoms with E-state index in [4.69, 9.17) is 31.9 Å². The lowest BCUT2D eigenvalue weighted by molar-refractivity contribution is 0.219. The van der Waals surface area contributed by atoms with Crippen LogP contribution in [0.25, 0.3) is 0 Å². The van der Waals surface area contributed by atoms with Crippen LogP contribution in [0.2, 0.25) is 5.02 Å². The molecule has 0 bridgehead atoms. The first kappa shape index (κ1) is 26.5. The fourth-order valence-corrected chi connectivity index (χ4v) is 4.86. The van der Waals surface area contributed by atoms with Crippen molar-refractivity contribution in [2.75, 3.05) is 6.61 Å². The lowest BCUT2D eigenvalue weighted by Gasteiger charge is -2.23. The van der Waals surface area contributed by atoms with Crippen LogP contribution in [0.15, 0.2) is 94.5 Å². The molecule has 0 aliphatic carbocycles. The average Bonchev–Trinajstić information content (AvgIpc) is 2.81. The maximum atomic E-state index is 11.1. The summed E-state index contributed by atoms with van der Waals surface area (Å²) >= 11 is 8.04. The highest BCUT2D eigenvalue weighted by Crippen LogP contribution is 2.37. The van der Waals surface area contributed by atoms with E-state index in [-0.39, 0.29) is 6.42 Å². The standard InChI is InChI=1S/C25H27ClNO5PS/c26-24-16-23(10-9-20(24)11-12-25(27,18-28)13-14-33(29,30)31)34-22-8-4-7-21(15-22)32-17-19-5-2-1-3-6-19/h1-10,13-16,28H,11-12,17-18,27H2,(H2,29,30,31). The van der Waals surface area contributed by atoms with Gasteiger partial charge in [0.25, 0.3) is 0 Å². The average molecular weight is 520 g/mol. The summed E-state index contributed by atoms with van der Waals surface area (Å²) in [5.74, 6) is 1.51. The highest BCUT2D eigenvalue weighted by atomic mass is 35.5. The second-order valence-corrected chi connectivity index (χ2v) is 10.9. The molecular formula is C25H27ClNO5PS. The number of aliphatic hydroxyl groups excluding tert-OH is 1. The minimum atomic E-state index is -4.35. The van der Waals surface area contributed by atoms with Crippen molar-refractivity contribution in [1.82, 2.24) is 0 Å². The molecule has 0 radical (unpaired) electrons. The minimum Gasteiger partial charge on any atom is -0.489 e. The van der Waals surface area contributed by atoms with Crippen molar-refractivity contribution in [3.05, 3.63) is 101 Å². The van der Waals surface area contributed by atoms with E-state index in [1.54, 1.807) is 11.8 Å². The SMILES string of the molecule is NC(C=CP(=O)(O)O)(CO)CCc1ccc(Sc2cccc(OCc3ccccc3)c2)cc1Cl. The quantitative estimate of drug-likeness (QED) is 0.251. The van der Waals surface area contributed by atoms with E-state index in [2.05, 4.69) is 0 Å². The molecule has 0 saturated heterocycles. The summed E-state index contributed by atoms with van der Waals surface area (Å²) in [6.45, 7) is 0.0487. The molecule has 34 heavy (non-hydrogen) atoms. The smallest absolute Gasteiger partial charge is 0.348 e. The molecule has 0 saturated carbocycles. The molecule has 3 rings (SSSR count). The van der Waals surface area contributed by atoms with Crippen molar-refractivity contribution < 1.29 is 24.2 Å². The molecule has 1 unspecified atom stereocenters. The molecule has 0 aromatic heterocycles. The minimum absolute atomic E-state index is 0.271. The zero-order valence-corrected chi connectivity index (χ0v) is 20.8. The van der Waals surface area contributed by atoms with Crippen molar-refractivity contribution >= 4 is 31.0 Å². The summed E-state index contributed by atoms with van der Waals surface area (Å²) in [6, 6.07) is 23.5. The van der Waals surface area contributed by atoms with Crippen LogP contribution in [0, 0.1) is 0 Å². The number of hydrogen-bond donors (Lipinski definition) is 4. The van der Waals surface area contributed by atoms with Gasteiger partial charge in [-0.15, -0.1) is 0 Å². The summed E-state index contributed by atoms with van der Waals surface area (Å²) in [5.41, 5.74) is 6.75. The fourth-order valence-electron chi connectivity index (χ4n) is 3.13. The van der Waals surface area contributed by atoms with Gasteiger partial charge >= 0.3 is 7.60 Å². The Morgan fingerprint density at radius 1 is 1.03 bits per heavy atom. The maximum absolute atomic E-state index is 11.1. The van der Waals surface area contributed by atoms with E-state index in [0.717, 1.165) is 32.5 Å². The van der Waals surface area contributed by atoms with Gasteiger partial charge in [0.2, 0.25) is 0 Å². The van der Waals surface area contributed by atoms with Crippen LogP contribution in [0.3, 0.4) is 0 Å². The molecular weight excluding hydrogens is 493 g/mol. The molecule has 180 valence electrons. The number of aryl methyl sites for hydroxylation is 1. The van der Waals surface area contributed by atoms with Crippen LogP contribution >= 0.6 is 31.0 Å². The van der Waals surface area contributed by atoms with Crippen LogP contribution in [0.5, 0.6) is 5.75 Å². The summed E-state index contributed by atoms with van der Waals surface area (Å²) in [5, 5.41) is 10.1. The third kappa shape index (κ3) is 8.60. The van der Waals surface area contributed by atoms with Crippen molar-refractivity contribution in [2.45, 2.75) is 34.8 Å². The molecule has 0 spiro atoms. The second-order valence-electron chi connectivity index (χ2n) is 7.90. The van der Waals surface area contributed by atoms with Crippen molar-refractivity contribution in [2.24, 2.45) is 5.73 Å². The first-order chi connectivity index (χ1) is 16.2. The summed E-state index contributed by atoms with van der Waals surface area (Å²) in [7, 11) is -4.35. The van der Waals surface area contributed by atoms with E-state index in [1.165, 1.54) is 6.08 Å². The van der Waals surface area contributed by atoms with Gasteiger partial charge in [-0.3, -0.25) is 4.57 Å². The first-order valence-corrected chi connectivity index (χ1v) is 13.4. The van der Waals surface area contributed by atoms with Gasteiger partial charge in [-0.05, 0) is 54.3 Å². The van der Waals surface area contributed by atoms with Crippen LogP contribution in [-0.4, -0.2) is 27.0 Å². The van der Waals surface area contributed by atoms with Gasteiger partial charge in [-0.25, -0.2) is 0 Å². The Kier molecular flexibility index (Phi) is 9.39. The van der Waals surface area contributed by atoms with E-state index >= 15 is 0 Å². The Hall–Kier alpha value is -2.09. The number of halogens is 1. The monoisotopic (exact) mass is 519 g/mol. The molecule has 9 heteroatoms. The van der Waals surface area contributed by atoms with E-state index in [9.17, 15) is 9.67 Å². The maximum Gasteiger partial charge on any atom is 0.348 e. The summed E-state index contributed by atoms with van der Waals surface area (Å²) < 4.78 is 17.0. The molecule has 5 N–H and O–H groups in total. The van der Waals surface area contributed by atoms with Gasteiger partial charge in [0.1, 0.15) is 12.4 Å². The fraction of sp³-hybridized carbons (Fsp3) is 0.200. The van der Waals surface area contributed by atoms with Crippen LogP contribution < -0.4 is 10.5 Å². The van der Waals surface area contributed by atoms with Gasteiger partial charge in [-0.2, -0.15) is 0 Å². The largest absolute Gasteiger partial charge is 0.489 e. The summed E-state index contributed by atoms with van der Waals surface area (Å²) in [6.07, 6.45) is 1.88. The topological polar surface area (TPSA) is 113 Å². The Morgan fingerprint density at radius 2 is 1.76 bits per heavy atom. The van der Waals surface area contributed by atoms with Crippen LogP contribution in [0.4, 0.5) is 0 Å². The molecule has 0 aliphatic heterocycles. The van der Waals surface area contributed by atoms with Gasteiger partial charge in [-0.1, -0.05) is 71.9 Å². The Bertz CT molecular complexity index is 1170. The first-order valence-electron chi connectivity index (χ1n) is 10.5. The second kappa shape index (κ2) is 12.0. The van der Waals surface area contributed by atoms with Crippen molar-refractivity contribution in [1.29, 1.82) is 0 Å². The molecule has 0 heterocycles. The zero-order chi connectivity index (χ0) is 24.6. The van der Waals surface area contributed by atoms with Crippen molar-refractivity contribution in [3.63, 3.8) is 0 Å². The Balaban J connectivity index is 1.62. The lowest BCUT2D eigenvalue weighted by Crippen LogP contribution is -2.42. The number of hydrogen-bond acceptors (Lipinski definition) is 5. The Labute approximate surface area is 208 Å². The predicted octanol–water partition coefficient (Wildman–Crippen LogP) is 5.38. The van der Waals surface area contributed by atoms with E-state index < -0.39 is 19.7 Å². The summed E-state index contributed by atoms with van der Waals surface area (Å²) in [4.78, 5) is 20.0. The van der Waals surface area contributed by atoms with E-state index in [0.29, 0.717) is 18.1 Å². The van der Waals surface area contributed by atoms with Gasteiger partial charge in [0.05, 0.1) is 12.1 Å². The van der Waals surface area contributed by atoms with Crippen molar-refractivity contribution in [3.8, 4) is 5.75 Å². The highest BCUT2D eigenvalue weighted by Gasteiger charge is 2.23. The highest BCUT2D eigenvalue weighted by molar-refractivity contribution is 7.99. The molecule has 3 aromatic rings. The van der Waals surface area contributed by atoms with Crippen LogP contribution in [0.1, 0.15) is 17.5 Å². The molecule has 0 amide bonds. The lowest BCUT2D eigenvalue weighted by atomic mass is 9.93. The number of rotatable bonds is 11. The number of nitrogens with two attached hydrogens (primary N) is 1. The molecule has 6 nitrogen and oxygen atoms in total. The molecule has 3 aromatic carbocycles. The Morgan fingerprint density at radius 3 is 2.44 bits per heavy atom. The van der Waals surface area contributed by atoms with Gasteiger partial charge in [0.15, 0.2) is 0 Å².